The molecule has 24 heavy (non-hydrogen) atoms. The van der Waals surface area contributed by atoms with Crippen LogP contribution in [0.1, 0.15) is 30.4 Å². The fraction of sp³-hybridized carbons (Fsp3) is 0.381. The highest BCUT2D eigenvalue weighted by Crippen LogP contribution is 2.36. The van der Waals surface area contributed by atoms with Crippen LogP contribution in [-0.2, 0) is 6.54 Å². The molecule has 2 aromatic carbocycles. The van der Waals surface area contributed by atoms with Crippen molar-refractivity contribution in [3.05, 3.63) is 65.7 Å². The summed E-state index contributed by atoms with van der Waals surface area (Å²) in [5.74, 6) is 1.56. The van der Waals surface area contributed by atoms with Gasteiger partial charge in [0.15, 0.2) is 0 Å². The van der Waals surface area contributed by atoms with E-state index in [9.17, 15) is 0 Å². The maximum absolute atomic E-state index is 8.88. The second-order valence-electron chi connectivity index (χ2n) is 6.64. The van der Waals surface area contributed by atoms with Crippen LogP contribution in [0, 0.1) is 17.2 Å². The molecule has 0 saturated heterocycles. The molecule has 3 nitrogen and oxygen atoms in total. The van der Waals surface area contributed by atoms with E-state index in [-0.39, 0.29) is 6.10 Å². The van der Waals surface area contributed by atoms with Gasteiger partial charge >= 0.3 is 0 Å². The Balaban J connectivity index is 1.51. The summed E-state index contributed by atoms with van der Waals surface area (Å²) >= 11 is 0. The fourth-order valence-corrected chi connectivity index (χ4v) is 2.96. The van der Waals surface area contributed by atoms with Crippen LogP contribution in [0.3, 0.4) is 0 Å². The molecule has 0 amide bonds. The van der Waals surface area contributed by atoms with Gasteiger partial charge in [0.1, 0.15) is 11.9 Å². The number of hydrogen-bond acceptors (Lipinski definition) is 3. The van der Waals surface area contributed by atoms with Crippen molar-refractivity contribution >= 4 is 0 Å². The summed E-state index contributed by atoms with van der Waals surface area (Å²) < 4.78 is 6.20. The van der Waals surface area contributed by atoms with Crippen molar-refractivity contribution in [2.45, 2.75) is 31.9 Å². The first kappa shape index (κ1) is 16.5. The van der Waals surface area contributed by atoms with Gasteiger partial charge < -0.3 is 9.64 Å². The first-order chi connectivity index (χ1) is 11.7. The van der Waals surface area contributed by atoms with E-state index in [2.05, 4.69) is 48.3 Å². The summed E-state index contributed by atoms with van der Waals surface area (Å²) in [5, 5.41) is 8.88. The molecule has 1 atom stereocenters. The molecule has 0 spiro atoms. The fourth-order valence-electron chi connectivity index (χ4n) is 2.96. The second-order valence-corrected chi connectivity index (χ2v) is 6.64. The van der Waals surface area contributed by atoms with Crippen molar-refractivity contribution in [1.29, 1.82) is 5.26 Å². The third kappa shape index (κ3) is 4.84. The van der Waals surface area contributed by atoms with Crippen LogP contribution in [-0.4, -0.2) is 24.6 Å². The highest BCUT2D eigenvalue weighted by molar-refractivity contribution is 5.34. The monoisotopic (exact) mass is 320 g/mol. The van der Waals surface area contributed by atoms with E-state index in [0.29, 0.717) is 11.5 Å². The lowest BCUT2D eigenvalue weighted by Gasteiger charge is -2.23. The van der Waals surface area contributed by atoms with E-state index < -0.39 is 0 Å². The third-order valence-electron chi connectivity index (χ3n) is 4.51. The van der Waals surface area contributed by atoms with Crippen LogP contribution in [0.25, 0.3) is 0 Å². The summed E-state index contributed by atoms with van der Waals surface area (Å²) in [5.41, 5.74) is 2.02. The quantitative estimate of drug-likeness (QED) is 0.730. The standard InChI is InChI=1S/C21H24N2O/c1-23(16-18-5-3-2-4-6-18)14-13-21(19-9-10-19)24-20-11-7-17(15-22)8-12-20/h2-8,11-12,19,21H,9-10,13-14,16H2,1H3. The highest BCUT2D eigenvalue weighted by Gasteiger charge is 2.32. The minimum absolute atomic E-state index is 0.274. The van der Waals surface area contributed by atoms with Crippen molar-refractivity contribution < 1.29 is 4.74 Å². The normalized spacial score (nSPS) is 15.0. The molecule has 1 unspecified atom stereocenters. The summed E-state index contributed by atoms with van der Waals surface area (Å²) in [6.45, 7) is 1.99. The number of ether oxygens (including phenoxy) is 1. The predicted octanol–water partition coefficient (Wildman–Crippen LogP) is 4.24. The van der Waals surface area contributed by atoms with Crippen molar-refractivity contribution in [2.75, 3.05) is 13.6 Å². The maximum atomic E-state index is 8.88. The number of rotatable bonds is 8. The average Bonchev–Trinajstić information content (AvgIpc) is 3.45. The Labute approximate surface area is 144 Å². The van der Waals surface area contributed by atoms with E-state index in [1.54, 1.807) is 0 Å². The Hall–Kier alpha value is -2.31. The first-order valence-corrected chi connectivity index (χ1v) is 8.64. The van der Waals surface area contributed by atoms with Gasteiger partial charge in [-0.3, -0.25) is 0 Å². The lowest BCUT2D eigenvalue weighted by molar-refractivity contribution is 0.149. The lowest BCUT2D eigenvalue weighted by Crippen LogP contribution is -2.27. The average molecular weight is 320 g/mol. The summed E-state index contributed by atoms with van der Waals surface area (Å²) in [7, 11) is 2.17. The molecule has 3 heteroatoms. The van der Waals surface area contributed by atoms with Gasteiger partial charge in [-0.2, -0.15) is 5.26 Å². The Morgan fingerprint density at radius 1 is 1.12 bits per heavy atom. The van der Waals surface area contributed by atoms with Crippen LogP contribution in [0.4, 0.5) is 0 Å². The smallest absolute Gasteiger partial charge is 0.119 e. The zero-order valence-electron chi connectivity index (χ0n) is 14.2. The number of hydrogen-bond donors (Lipinski definition) is 0. The molecule has 3 rings (SSSR count). The van der Waals surface area contributed by atoms with Gasteiger partial charge in [-0.15, -0.1) is 0 Å². The Morgan fingerprint density at radius 3 is 2.46 bits per heavy atom. The molecule has 0 N–H and O–H groups in total. The molecule has 1 fully saturated rings. The summed E-state index contributed by atoms with van der Waals surface area (Å²) in [4.78, 5) is 2.35. The topological polar surface area (TPSA) is 36.3 Å². The van der Waals surface area contributed by atoms with E-state index in [1.165, 1.54) is 18.4 Å². The van der Waals surface area contributed by atoms with Crippen molar-refractivity contribution in [3.63, 3.8) is 0 Å². The number of nitriles is 1. The van der Waals surface area contributed by atoms with Crippen LogP contribution in [0.5, 0.6) is 5.75 Å². The summed E-state index contributed by atoms with van der Waals surface area (Å²) in [6.07, 6.45) is 3.84. The SMILES string of the molecule is CN(CCC(Oc1ccc(C#N)cc1)C1CC1)Cc1ccccc1. The molecule has 0 heterocycles. The molecular weight excluding hydrogens is 296 g/mol. The van der Waals surface area contributed by atoms with Crippen LogP contribution < -0.4 is 4.74 Å². The minimum Gasteiger partial charge on any atom is -0.490 e. The van der Waals surface area contributed by atoms with Crippen molar-refractivity contribution in [1.82, 2.24) is 4.90 Å². The maximum Gasteiger partial charge on any atom is 0.119 e. The van der Waals surface area contributed by atoms with Gasteiger partial charge in [0.05, 0.1) is 11.6 Å². The summed E-state index contributed by atoms with van der Waals surface area (Å²) in [6, 6.07) is 20.2. The first-order valence-electron chi connectivity index (χ1n) is 8.64. The molecule has 2 aromatic rings. The van der Waals surface area contributed by atoms with Gasteiger partial charge in [-0.25, -0.2) is 0 Å². The van der Waals surface area contributed by atoms with Crippen LogP contribution in [0.15, 0.2) is 54.6 Å². The molecule has 0 aliphatic heterocycles. The molecule has 0 radical (unpaired) electrons. The number of nitrogens with zero attached hydrogens (tertiary/aromatic N) is 2. The molecule has 1 aliphatic rings. The van der Waals surface area contributed by atoms with E-state index in [1.807, 2.05) is 24.3 Å². The minimum atomic E-state index is 0.274. The zero-order chi connectivity index (χ0) is 16.8. The van der Waals surface area contributed by atoms with Gasteiger partial charge in [0.2, 0.25) is 0 Å². The largest absolute Gasteiger partial charge is 0.490 e. The second kappa shape index (κ2) is 7.99. The van der Waals surface area contributed by atoms with Gasteiger partial charge in [0, 0.05) is 13.1 Å². The molecule has 0 aromatic heterocycles. The Kier molecular flexibility index (Phi) is 5.51. The van der Waals surface area contributed by atoms with Crippen molar-refractivity contribution in [2.24, 2.45) is 5.92 Å². The lowest BCUT2D eigenvalue weighted by atomic mass is 10.1. The van der Waals surface area contributed by atoms with Crippen LogP contribution in [0.2, 0.25) is 0 Å². The van der Waals surface area contributed by atoms with E-state index in [4.69, 9.17) is 10.00 Å². The van der Waals surface area contributed by atoms with Gasteiger partial charge in [-0.1, -0.05) is 30.3 Å². The Morgan fingerprint density at radius 2 is 1.83 bits per heavy atom. The van der Waals surface area contributed by atoms with E-state index >= 15 is 0 Å². The van der Waals surface area contributed by atoms with Crippen molar-refractivity contribution in [3.8, 4) is 11.8 Å². The molecule has 0 bridgehead atoms. The Bertz CT molecular complexity index is 671. The third-order valence-corrected chi connectivity index (χ3v) is 4.51. The number of benzene rings is 2. The molecule has 124 valence electrons. The van der Waals surface area contributed by atoms with Gasteiger partial charge in [-0.05, 0) is 62.1 Å². The zero-order valence-corrected chi connectivity index (χ0v) is 14.2. The molecule has 1 saturated carbocycles. The molecular formula is C21H24N2O. The predicted molar refractivity (Wildman–Crippen MR) is 95.7 cm³/mol. The van der Waals surface area contributed by atoms with Crippen LogP contribution >= 0.6 is 0 Å². The highest BCUT2D eigenvalue weighted by atomic mass is 16.5. The molecule has 1 aliphatic carbocycles. The van der Waals surface area contributed by atoms with Gasteiger partial charge in [0.25, 0.3) is 0 Å². The van der Waals surface area contributed by atoms with E-state index in [0.717, 1.165) is 25.3 Å².